The number of hydrogen-bond donors (Lipinski definition) is 1. The minimum Gasteiger partial charge on any atom is -0.393 e. The maximum absolute atomic E-state index is 12.6. The molecular formula is C18H23N3O3. The Morgan fingerprint density at radius 1 is 1.33 bits per heavy atom. The van der Waals surface area contributed by atoms with Crippen LogP contribution in [0.1, 0.15) is 25.7 Å². The van der Waals surface area contributed by atoms with Crippen LogP contribution in [0.25, 0.3) is 11.0 Å². The third-order valence-corrected chi connectivity index (χ3v) is 4.85. The summed E-state index contributed by atoms with van der Waals surface area (Å²) < 4.78 is 1.46. The van der Waals surface area contributed by atoms with E-state index in [2.05, 4.69) is 4.98 Å². The van der Waals surface area contributed by atoms with Crippen molar-refractivity contribution in [3.8, 4) is 0 Å². The lowest BCUT2D eigenvalue weighted by Gasteiger charge is -2.31. The summed E-state index contributed by atoms with van der Waals surface area (Å²) in [5.74, 6) is -0.00941. The molecule has 1 saturated carbocycles. The Hall–Kier alpha value is -2.21. The summed E-state index contributed by atoms with van der Waals surface area (Å²) in [5.41, 5.74) is 1.06. The number of aliphatic hydroxyl groups excluding tert-OH is 1. The van der Waals surface area contributed by atoms with Gasteiger partial charge in [0.2, 0.25) is 5.91 Å². The molecule has 1 aromatic heterocycles. The first-order valence-corrected chi connectivity index (χ1v) is 8.43. The van der Waals surface area contributed by atoms with Crippen molar-refractivity contribution in [2.24, 2.45) is 5.92 Å². The number of hydrogen-bond acceptors (Lipinski definition) is 4. The highest BCUT2D eigenvalue weighted by Gasteiger charge is 2.25. The van der Waals surface area contributed by atoms with Crippen molar-refractivity contribution in [1.29, 1.82) is 0 Å². The molecule has 0 spiro atoms. The van der Waals surface area contributed by atoms with Crippen LogP contribution in [0.4, 0.5) is 0 Å². The first-order valence-electron chi connectivity index (χ1n) is 8.43. The first-order chi connectivity index (χ1) is 11.6. The van der Waals surface area contributed by atoms with E-state index in [-0.39, 0.29) is 30.0 Å². The number of amides is 1. The van der Waals surface area contributed by atoms with Crippen LogP contribution in [0.3, 0.4) is 0 Å². The Kier molecular flexibility index (Phi) is 4.94. The van der Waals surface area contributed by atoms with Gasteiger partial charge in [0.05, 0.1) is 23.3 Å². The highest BCUT2D eigenvalue weighted by atomic mass is 16.3. The Morgan fingerprint density at radius 3 is 2.88 bits per heavy atom. The van der Waals surface area contributed by atoms with Gasteiger partial charge in [-0.3, -0.25) is 14.2 Å². The van der Waals surface area contributed by atoms with Crippen LogP contribution < -0.4 is 5.56 Å². The fraction of sp³-hybridized carbons (Fsp3) is 0.500. The molecule has 3 rings (SSSR count). The maximum Gasteiger partial charge on any atom is 0.269 e. The molecular weight excluding hydrogens is 306 g/mol. The Morgan fingerprint density at radius 2 is 2.08 bits per heavy atom. The fourth-order valence-electron chi connectivity index (χ4n) is 3.39. The van der Waals surface area contributed by atoms with E-state index in [9.17, 15) is 14.7 Å². The second-order valence-corrected chi connectivity index (χ2v) is 6.56. The Labute approximate surface area is 140 Å². The Bertz CT molecular complexity index is 786. The summed E-state index contributed by atoms with van der Waals surface area (Å²) in [6.07, 6.45) is 4.81. The molecule has 1 N–H and O–H groups in total. The topological polar surface area (TPSA) is 75.4 Å². The molecule has 6 heteroatoms. The number of nitrogens with zero attached hydrogens (tertiary/aromatic N) is 3. The highest BCUT2D eigenvalue weighted by molar-refractivity contribution is 5.79. The smallest absolute Gasteiger partial charge is 0.269 e. The monoisotopic (exact) mass is 329 g/mol. The molecule has 6 nitrogen and oxygen atoms in total. The number of carbonyl (C=O) groups is 1. The summed E-state index contributed by atoms with van der Waals surface area (Å²) in [6.45, 7) is 0.513. The van der Waals surface area contributed by atoms with Gasteiger partial charge in [0, 0.05) is 19.5 Å². The average molecular weight is 329 g/mol. The summed E-state index contributed by atoms with van der Waals surface area (Å²) in [7, 11) is 1.73. The molecule has 2 unspecified atom stereocenters. The number of benzene rings is 1. The predicted octanol–water partition coefficient (Wildman–Crippen LogP) is 1.41. The molecule has 1 amide bonds. The van der Waals surface area contributed by atoms with Crippen molar-refractivity contribution in [1.82, 2.24) is 14.5 Å². The van der Waals surface area contributed by atoms with Gasteiger partial charge in [-0.25, -0.2) is 4.98 Å². The molecule has 2 atom stereocenters. The molecule has 0 radical (unpaired) electrons. The molecule has 1 aliphatic carbocycles. The SMILES string of the molecule is CN(CC1CCCCC1O)C(=O)Cn1c(=O)cnc2ccccc21. The lowest BCUT2D eigenvalue weighted by atomic mass is 9.86. The number of fused-ring (bicyclic) bond motifs is 1. The molecule has 1 aromatic carbocycles. The molecule has 128 valence electrons. The summed E-state index contributed by atoms with van der Waals surface area (Å²) in [6, 6.07) is 7.29. The van der Waals surface area contributed by atoms with E-state index in [0.29, 0.717) is 17.6 Å². The van der Waals surface area contributed by atoms with E-state index >= 15 is 0 Å². The normalized spacial score (nSPS) is 20.9. The van der Waals surface area contributed by atoms with Crippen LogP contribution in [0.15, 0.2) is 35.3 Å². The molecule has 0 aliphatic heterocycles. The third kappa shape index (κ3) is 3.48. The largest absolute Gasteiger partial charge is 0.393 e. The zero-order valence-corrected chi connectivity index (χ0v) is 13.9. The second-order valence-electron chi connectivity index (χ2n) is 6.56. The Balaban J connectivity index is 1.75. The van der Waals surface area contributed by atoms with Gasteiger partial charge in [-0.2, -0.15) is 0 Å². The van der Waals surface area contributed by atoms with Gasteiger partial charge in [0.25, 0.3) is 5.56 Å². The van der Waals surface area contributed by atoms with E-state index in [0.717, 1.165) is 25.7 Å². The number of aromatic nitrogens is 2. The zero-order chi connectivity index (χ0) is 17.1. The molecule has 1 aliphatic rings. The number of rotatable bonds is 4. The minimum atomic E-state index is -0.335. The number of likely N-dealkylation sites (N-methyl/N-ethyl adjacent to an activating group) is 1. The lowest BCUT2D eigenvalue weighted by Crippen LogP contribution is -2.40. The van der Waals surface area contributed by atoms with E-state index in [1.165, 1.54) is 10.8 Å². The molecule has 24 heavy (non-hydrogen) atoms. The van der Waals surface area contributed by atoms with Crippen molar-refractivity contribution in [3.63, 3.8) is 0 Å². The van der Waals surface area contributed by atoms with Crippen molar-refractivity contribution >= 4 is 16.9 Å². The van der Waals surface area contributed by atoms with Gasteiger partial charge in [0.1, 0.15) is 6.54 Å². The van der Waals surface area contributed by atoms with Gasteiger partial charge < -0.3 is 10.0 Å². The van der Waals surface area contributed by atoms with Crippen LogP contribution in [-0.2, 0) is 11.3 Å². The average Bonchev–Trinajstić information content (AvgIpc) is 2.59. The predicted molar refractivity (Wildman–Crippen MR) is 91.6 cm³/mol. The van der Waals surface area contributed by atoms with Crippen molar-refractivity contribution < 1.29 is 9.90 Å². The van der Waals surface area contributed by atoms with Crippen LogP contribution in [-0.4, -0.2) is 45.2 Å². The number of carbonyl (C=O) groups excluding carboxylic acids is 1. The van der Waals surface area contributed by atoms with E-state index in [1.54, 1.807) is 18.0 Å². The lowest BCUT2D eigenvalue weighted by molar-refractivity contribution is -0.131. The van der Waals surface area contributed by atoms with Crippen LogP contribution in [0.2, 0.25) is 0 Å². The van der Waals surface area contributed by atoms with Crippen molar-refractivity contribution in [3.05, 3.63) is 40.8 Å². The summed E-state index contributed by atoms with van der Waals surface area (Å²) >= 11 is 0. The third-order valence-electron chi connectivity index (χ3n) is 4.85. The molecule has 0 bridgehead atoms. The second kappa shape index (κ2) is 7.13. The molecule has 2 aromatic rings. The molecule has 0 saturated heterocycles. The fourth-order valence-corrected chi connectivity index (χ4v) is 3.39. The van der Waals surface area contributed by atoms with Gasteiger partial charge >= 0.3 is 0 Å². The number of aliphatic hydroxyl groups is 1. The molecule has 1 heterocycles. The van der Waals surface area contributed by atoms with Gasteiger partial charge in [0.15, 0.2) is 0 Å². The highest BCUT2D eigenvalue weighted by Crippen LogP contribution is 2.25. The van der Waals surface area contributed by atoms with Crippen LogP contribution >= 0.6 is 0 Å². The number of para-hydroxylation sites is 2. The first kappa shape index (κ1) is 16.6. The van der Waals surface area contributed by atoms with Crippen LogP contribution in [0.5, 0.6) is 0 Å². The van der Waals surface area contributed by atoms with Crippen molar-refractivity contribution in [2.45, 2.75) is 38.3 Å². The summed E-state index contributed by atoms with van der Waals surface area (Å²) in [4.78, 5) is 30.4. The standard InChI is InChI=1S/C18H23N3O3/c1-20(11-13-6-2-5-9-16(13)22)18(24)12-21-15-8-4-3-7-14(15)19-10-17(21)23/h3-4,7-8,10,13,16,22H,2,5-6,9,11-12H2,1H3. The minimum absolute atomic E-state index is 0.0127. The maximum atomic E-state index is 12.6. The van der Waals surface area contributed by atoms with Gasteiger partial charge in [-0.1, -0.05) is 25.0 Å². The van der Waals surface area contributed by atoms with Crippen molar-refractivity contribution in [2.75, 3.05) is 13.6 Å². The molecule has 1 fully saturated rings. The van der Waals surface area contributed by atoms with E-state index in [4.69, 9.17) is 0 Å². The van der Waals surface area contributed by atoms with E-state index in [1.807, 2.05) is 18.2 Å². The van der Waals surface area contributed by atoms with Gasteiger partial charge in [-0.05, 0) is 25.0 Å². The van der Waals surface area contributed by atoms with E-state index < -0.39 is 0 Å². The summed E-state index contributed by atoms with van der Waals surface area (Å²) in [5, 5.41) is 10.1. The van der Waals surface area contributed by atoms with Gasteiger partial charge in [-0.15, -0.1) is 0 Å². The quantitative estimate of drug-likeness (QED) is 0.920. The zero-order valence-electron chi connectivity index (χ0n) is 13.9. The van der Waals surface area contributed by atoms with Crippen LogP contribution in [0, 0.1) is 5.92 Å².